The summed E-state index contributed by atoms with van der Waals surface area (Å²) in [4.78, 5) is 36.3. The molecular formula is C30H28N4O3S2. The number of benzene rings is 1. The third-order valence-electron chi connectivity index (χ3n) is 7.39. The number of hydrogen-bond donors (Lipinski definition) is 0. The molecule has 0 atom stereocenters. The largest absolute Gasteiger partial charge is 0.467 e. The first-order valence-corrected chi connectivity index (χ1v) is 14.3. The minimum Gasteiger partial charge on any atom is -0.467 e. The Hall–Kier alpha value is -3.69. The number of furan rings is 1. The number of pyridine rings is 1. The molecule has 3 aromatic heterocycles. The molecule has 0 spiro atoms. The summed E-state index contributed by atoms with van der Waals surface area (Å²) in [6, 6.07) is 18.0. The number of nitrogens with zero attached hydrogens (tertiary/aromatic N) is 4. The first-order valence-electron chi connectivity index (χ1n) is 13.1. The molecule has 0 radical (unpaired) electrons. The van der Waals surface area contributed by atoms with Gasteiger partial charge in [-0.05, 0) is 67.5 Å². The minimum atomic E-state index is -0.234. The van der Waals surface area contributed by atoms with Gasteiger partial charge in [0.25, 0.3) is 11.5 Å². The summed E-state index contributed by atoms with van der Waals surface area (Å²) in [6.45, 7) is 3.81. The lowest BCUT2D eigenvalue weighted by atomic mass is 9.90. The lowest BCUT2D eigenvalue weighted by Gasteiger charge is -2.33. The Morgan fingerprint density at radius 1 is 1.08 bits per heavy atom. The van der Waals surface area contributed by atoms with Gasteiger partial charge in [-0.25, -0.2) is 4.98 Å². The second-order valence-corrected chi connectivity index (χ2v) is 11.7. The summed E-state index contributed by atoms with van der Waals surface area (Å²) in [5, 5.41) is 0. The van der Waals surface area contributed by atoms with Crippen molar-refractivity contribution in [3.8, 4) is 0 Å². The molecular weight excluding hydrogens is 528 g/mol. The zero-order valence-corrected chi connectivity index (χ0v) is 23.2. The fourth-order valence-electron chi connectivity index (χ4n) is 5.29. The van der Waals surface area contributed by atoms with E-state index in [1.54, 1.807) is 29.0 Å². The smallest absolute Gasteiger partial charge is 0.267 e. The van der Waals surface area contributed by atoms with Gasteiger partial charge in [0.1, 0.15) is 21.5 Å². The molecule has 2 aliphatic rings. The Bertz CT molecular complexity index is 1620. The van der Waals surface area contributed by atoms with Crippen LogP contribution in [0.2, 0.25) is 0 Å². The summed E-state index contributed by atoms with van der Waals surface area (Å²) < 4.78 is 7.42. The Morgan fingerprint density at radius 3 is 2.62 bits per heavy atom. The zero-order valence-electron chi connectivity index (χ0n) is 21.6. The van der Waals surface area contributed by atoms with Gasteiger partial charge in [-0.3, -0.25) is 18.9 Å². The number of hydrogen-bond acceptors (Lipinski definition) is 7. The fraction of sp³-hybridized carbons (Fsp3) is 0.267. The van der Waals surface area contributed by atoms with E-state index >= 15 is 0 Å². The molecule has 0 saturated carbocycles. The molecule has 2 aliphatic heterocycles. The van der Waals surface area contributed by atoms with Crippen LogP contribution < -0.4 is 10.5 Å². The van der Waals surface area contributed by atoms with Crippen LogP contribution in [0.3, 0.4) is 0 Å². The van der Waals surface area contributed by atoms with Gasteiger partial charge in [0.2, 0.25) is 0 Å². The lowest BCUT2D eigenvalue weighted by Crippen LogP contribution is -2.37. The van der Waals surface area contributed by atoms with E-state index < -0.39 is 0 Å². The summed E-state index contributed by atoms with van der Waals surface area (Å²) >= 11 is 6.72. The summed E-state index contributed by atoms with van der Waals surface area (Å²) in [6.07, 6.45) is 8.04. The summed E-state index contributed by atoms with van der Waals surface area (Å²) in [5.41, 5.74) is 3.13. The maximum absolute atomic E-state index is 13.8. The lowest BCUT2D eigenvalue weighted by molar-refractivity contribution is -0.122. The molecule has 0 bridgehead atoms. The normalized spacial score (nSPS) is 17.6. The highest BCUT2D eigenvalue weighted by molar-refractivity contribution is 8.26. The van der Waals surface area contributed by atoms with E-state index in [9.17, 15) is 9.59 Å². The van der Waals surface area contributed by atoms with Crippen LogP contribution in [0.1, 0.15) is 35.3 Å². The van der Waals surface area contributed by atoms with Crippen molar-refractivity contribution in [1.82, 2.24) is 14.3 Å². The van der Waals surface area contributed by atoms with E-state index in [1.807, 2.05) is 31.2 Å². The Kier molecular flexibility index (Phi) is 7.10. The summed E-state index contributed by atoms with van der Waals surface area (Å²) in [5.74, 6) is 1.62. The van der Waals surface area contributed by atoms with E-state index in [0.717, 1.165) is 37.9 Å². The molecule has 1 aromatic carbocycles. The molecule has 2 fully saturated rings. The van der Waals surface area contributed by atoms with Crippen molar-refractivity contribution in [1.29, 1.82) is 0 Å². The molecule has 6 rings (SSSR count). The van der Waals surface area contributed by atoms with Gasteiger partial charge in [-0.15, -0.1) is 0 Å². The van der Waals surface area contributed by atoms with E-state index in [1.165, 1.54) is 22.2 Å². The number of piperidine rings is 1. The average molecular weight is 557 g/mol. The van der Waals surface area contributed by atoms with E-state index in [0.29, 0.717) is 37.9 Å². The van der Waals surface area contributed by atoms with Crippen LogP contribution >= 0.6 is 24.0 Å². The van der Waals surface area contributed by atoms with E-state index in [4.69, 9.17) is 21.6 Å². The van der Waals surface area contributed by atoms with Crippen molar-refractivity contribution in [2.45, 2.75) is 32.7 Å². The van der Waals surface area contributed by atoms with Crippen LogP contribution in [0.4, 0.5) is 5.82 Å². The number of thioether (sulfide) groups is 1. The quantitative estimate of drug-likeness (QED) is 0.231. The number of carbonyl (C=O) groups is 1. The van der Waals surface area contributed by atoms with Crippen LogP contribution in [0.5, 0.6) is 0 Å². The number of thiocarbonyl (C=S) groups is 1. The molecule has 0 aliphatic carbocycles. The SMILES string of the molecule is Cc1cccn2c(=O)c(C=C3SC(=S)N(Cc4ccco4)C3=O)c(N3CCC(Cc4ccccc4)CC3)nc12. The highest BCUT2D eigenvalue weighted by Crippen LogP contribution is 2.35. The average Bonchev–Trinajstić information content (AvgIpc) is 3.56. The minimum absolute atomic E-state index is 0.193. The molecule has 0 N–H and O–H groups in total. The first kappa shape index (κ1) is 25.6. The molecule has 4 aromatic rings. The van der Waals surface area contributed by atoms with Gasteiger partial charge < -0.3 is 9.32 Å². The van der Waals surface area contributed by atoms with Crippen LogP contribution in [-0.2, 0) is 17.8 Å². The second-order valence-electron chi connectivity index (χ2n) is 10.0. The summed E-state index contributed by atoms with van der Waals surface area (Å²) in [7, 11) is 0. The van der Waals surface area contributed by atoms with Crippen molar-refractivity contribution in [3.05, 3.63) is 105 Å². The maximum atomic E-state index is 13.8. The van der Waals surface area contributed by atoms with E-state index in [-0.39, 0.29) is 18.0 Å². The number of aryl methyl sites for hydroxylation is 1. The van der Waals surface area contributed by atoms with Gasteiger partial charge in [0.05, 0.1) is 23.3 Å². The van der Waals surface area contributed by atoms with Crippen molar-refractivity contribution in [2.24, 2.45) is 5.92 Å². The molecule has 9 heteroatoms. The first-order chi connectivity index (χ1) is 19.0. The van der Waals surface area contributed by atoms with Crippen molar-refractivity contribution in [3.63, 3.8) is 0 Å². The molecule has 0 unspecified atom stereocenters. The third kappa shape index (κ3) is 5.16. The van der Waals surface area contributed by atoms with Crippen molar-refractivity contribution >= 4 is 51.7 Å². The number of aromatic nitrogens is 2. The van der Waals surface area contributed by atoms with Crippen LogP contribution in [-0.4, -0.2) is 37.6 Å². The number of rotatable bonds is 6. The molecule has 1 amide bonds. The van der Waals surface area contributed by atoms with Crippen LogP contribution in [0, 0.1) is 12.8 Å². The van der Waals surface area contributed by atoms with Crippen molar-refractivity contribution in [2.75, 3.05) is 18.0 Å². The van der Waals surface area contributed by atoms with Gasteiger partial charge in [-0.2, -0.15) is 0 Å². The van der Waals surface area contributed by atoms with Crippen LogP contribution in [0.15, 0.2) is 81.2 Å². The Labute approximate surface area is 236 Å². The standard InChI is InChI=1S/C30H28N4O3S2/c1-20-7-5-13-33-26(20)31-27(32-14-11-22(12-15-32)17-21-8-3-2-4-9-21)24(28(33)35)18-25-29(36)34(30(38)39-25)19-23-10-6-16-37-23/h2-10,13,16,18,22H,11-12,14-15,17,19H2,1H3. The number of fused-ring (bicyclic) bond motifs is 1. The zero-order chi connectivity index (χ0) is 26.9. The monoisotopic (exact) mass is 556 g/mol. The highest BCUT2D eigenvalue weighted by atomic mass is 32.2. The number of amides is 1. The molecule has 7 nitrogen and oxygen atoms in total. The molecule has 2 saturated heterocycles. The Morgan fingerprint density at radius 2 is 1.87 bits per heavy atom. The molecule has 5 heterocycles. The predicted octanol–water partition coefficient (Wildman–Crippen LogP) is 5.46. The maximum Gasteiger partial charge on any atom is 0.267 e. The second kappa shape index (κ2) is 10.8. The van der Waals surface area contributed by atoms with Gasteiger partial charge in [0, 0.05) is 19.3 Å². The highest BCUT2D eigenvalue weighted by Gasteiger charge is 2.34. The van der Waals surface area contributed by atoms with Gasteiger partial charge in [-0.1, -0.05) is 60.4 Å². The number of anilines is 1. The van der Waals surface area contributed by atoms with Gasteiger partial charge >= 0.3 is 0 Å². The van der Waals surface area contributed by atoms with Gasteiger partial charge in [0.15, 0.2) is 0 Å². The topological polar surface area (TPSA) is 71.1 Å². The van der Waals surface area contributed by atoms with Crippen LogP contribution in [0.25, 0.3) is 11.7 Å². The van der Waals surface area contributed by atoms with E-state index in [2.05, 4.69) is 29.2 Å². The van der Waals surface area contributed by atoms with Crippen molar-refractivity contribution < 1.29 is 9.21 Å². The molecule has 39 heavy (non-hydrogen) atoms. The Balaban J connectivity index is 1.33. The third-order valence-corrected chi connectivity index (χ3v) is 8.77. The number of carbonyl (C=O) groups excluding carboxylic acids is 1. The predicted molar refractivity (Wildman–Crippen MR) is 159 cm³/mol. The fourth-order valence-corrected chi connectivity index (χ4v) is 6.53. The molecule has 198 valence electrons.